The molecule has 3 aromatic heterocycles. The molecular weight excluding hydrogens is 509 g/mol. The number of pyridine rings is 1. The number of piperidine rings is 1. The van der Waals surface area contributed by atoms with Gasteiger partial charge in [-0.3, -0.25) is 4.79 Å². The first-order chi connectivity index (χ1) is 19.2. The van der Waals surface area contributed by atoms with Gasteiger partial charge < -0.3 is 15.4 Å². The average Bonchev–Trinajstić information content (AvgIpc) is 3.79. The van der Waals surface area contributed by atoms with Crippen LogP contribution in [-0.2, 0) is 5.54 Å². The van der Waals surface area contributed by atoms with E-state index >= 15 is 0 Å². The van der Waals surface area contributed by atoms with Gasteiger partial charge in [-0.05, 0) is 68.7 Å². The zero-order valence-corrected chi connectivity index (χ0v) is 22.4. The van der Waals surface area contributed by atoms with Crippen molar-refractivity contribution in [1.82, 2.24) is 29.6 Å². The quantitative estimate of drug-likeness (QED) is 0.377. The average molecular weight is 540 g/mol. The molecular formula is C30H30FN7O2. The van der Waals surface area contributed by atoms with Crippen molar-refractivity contribution in [2.24, 2.45) is 17.6 Å². The van der Waals surface area contributed by atoms with Gasteiger partial charge in [-0.15, -0.1) is 0 Å². The fourth-order valence-corrected chi connectivity index (χ4v) is 5.55. The maximum Gasteiger partial charge on any atom is 0.257 e. The van der Waals surface area contributed by atoms with Crippen molar-refractivity contribution in [3.05, 3.63) is 83.7 Å². The lowest BCUT2D eigenvalue weighted by Crippen LogP contribution is -2.33. The molecule has 1 amide bonds. The van der Waals surface area contributed by atoms with Gasteiger partial charge in [0.2, 0.25) is 11.8 Å². The van der Waals surface area contributed by atoms with Gasteiger partial charge in [-0.1, -0.05) is 0 Å². The maximum atomic E-state index is 13.6. The summed E-state index contributed by atoms with van der Waals surface area (Å²) in [4.78, 5) is 28.8. The van der Waals surface area contributed by atoms with E-state index in [1.165, 1.54) is 12.1 Å². The molecule has 2 unspecified atom stereocenters. The Morgan fingerprint density at radius 2 is 1.77 bits per heavy atom. The molecule has 2 saturated carbocycles. The summed E-state index contributed by atoms with van der Waals surface area (Å²) in [6, 6.07) is 11.8. The molecule has 1 aromatic carbocycles. The van der Waals surface area contributed by atoms with Crippen LogP contribution in [0.25, 0.3) is 17.2 Å². The number of hydrogen-bond donors (Lipinski definition) is 1. The van der Waals surface area contributed by atoms with Gasteiger partial charge >= 0.3 is 0 Å². The highest BCUT2D eigenvalue weighted by atomic mass is 19.1. The predicted molar refractivity (Wildman–Crippen MR) is 145 cm³/mol. The second-order valence-corrected chi connectivity index (χ2v) is 11.6. The number of likely N-dealkylation sites (tertiary alicyclic amines) is 1. The second-order valence-electron chi connectivity index (χ2n) is 11.6. The maximum absolute atomic E-state index is 13.6. The van der Waals surface area contributed by atoms with Gasteiger partial charge in [0, 0.05) is 66.6 Å². The Morgan fingerprint density at radius 3 is 2.42 bits per heavy atom. The van der Waals surface area contributed by atoms with Crippen LogP contribution in [0.4, 0.5) is 4.39 Å². The zero-order chi connectivity index (χ0) is 27.6. The topological polar surface area (TPSA) is 112 Å². The lowest BCUT2D eigenvalue weighted by Gasteiger charge is -2.22. The van der Waals surface area contributed by atoms with Crippen LogP contribution < -0.4 is 10.5 Å². The molecule has 3 aliphatic rings. The van der Waals surface area contributed by atoms with E-state index in [2.05, 4.69) is 15.1 Å². The number of carbonyl (C=O) groups is 1. The summed E-state index contributed by atoms with van der Waals surface area (Å²) in [6.45, 7) is 5.10. The number of hydrogen-bond acceptors (Lipinski definition) is 7. The van der Waals surface area contributed by atoms with E-state index in [4.69, 9.17) is 15.5 Å². The molecule has 4 heterocycles. The molecule has 0 radical (unpaired) electrons. The van der Waals surface area contributed by atoms with E-state index in [1.54, 1.807) is 41.5 Å². The van der Waals surface area contributed by atoms with E-state index in [9.17, 15) is 9.18 Å². The van der Waals surface area contributed by atoms with Crippen molar-refractivity contribution >= 4 is 5.91 Å². The smallest absolute Gasteiger partial charge is 0.257 e. The summed E-state index contributed by atoms with van der Waals surface area (Å²) in [5.41, 5.74) is 9.64. The highest BCUT2D eigenvalue weighted by molar-refractivity contribution is 5.96. The molecule has 40 heavy (non-hydrogen) atoms. The molecule has 9 nitrogen and oxygen atoms in total. The van der Waals surface area contributed by atoms with Gasteiger partial charge in [0.25, 0.3) is 5.91 Å². The molecule has 2 aliphatic carbocycles. The Bertz CT molecular complexity index is 1570. The van der Waals surface area contributed by atoms with Gasteiger partial charge in [-0.25, -0.2) is 24.0 Å². The Balaban J connectivity index is 1.07. The predicted octanol–water partition coefficient (Wildman–Crippen LogP) is 4.08. The summed E-state index contributed by atoms with van der Waals surface area (Å²) < 4.78 is 21.5. The third kappa shape index (κ3) is 4.62. The number of benzene rings is 1. The number of ether oxygens (including phenoxy) is 1. The summed E-state index contributed by atoms with van der Waals surface area (Å²) in [5.74, 6) is 1.45. The highest BCUT2D eigenvalue weighted by Crippen LogP contribution is 2.49. The molecule has 1 aliphatic heterocycles. The molecule has 7 rings (SSSR count). The summed E-state index contributed by atoms with van der Waals surface area (Å²) in [5, 5.41) is 4.68. The van der Waals surface area contributed by atoms with Crippen LogP contribution in [0.2, 0.25) is 0 Å². The lowest BCUT2D eigenvalue weighted by molar-refractivity contribution is 0.0750. The minimum absolute atomic E-state index is 0.00127. The first-order valence-corrected chi connectivity index (χ1v) is 13.6. The molecule has 2 atom stereocenters. The zero-order valence-electron chi connectivity index (χ0n) is 22.4. The van der Waals surface area contributed by atoms with Crippen LogP contribution in [0.15, 0.2) is 61.1 Å². The van der Waals surface area contributed by atoms with Crippen molar-refractivity contribution in [2.75, 3.05) is 13.1 Å². The largest absolute Gasteiger partial charge is 0.474 e. The minimum atomic E-state index is -0.604. The fraction of sp³-hybridized carbons (Fsp3) is 0.367. The van der Waals surface area contributed by atoms with Gasteiger partial charge in [0.05, 0.1) is 17.0 Å². The molecule has 1 saturated heterocycles. The van der Waals surface area contributed by atoms with Crippen LogP contribution in [0.1, 0.15) is 54.2 Å². The number of rotatable bonds is 7. The van der Waals surface area contributed by atoms with E-state index in [1.807, 2.05) is 30.9 Å². The molecule has 204 valence electrons. The highest BCUT2D eigenvalue weighted by Gasteiger charge is 2.59. The second kappa shape index (κ2) is 9.19. The van der Waals surface area contributed by atoms with Crippen LogP contribution >= 0.6 is 0 Å². The minimum Gasteiger partial charge on any atom is -0.474 e. The van der Waals surface area contributed by atoms with E-state index in [-0.39, 0.29) is 29.7 Å². The van der Waals surface area contributed by atoms with Gasteiger partial charge in [0.15, 0.2) is 0 Å². The third-order valence-electron chi connectivity index (χ3n) is 8.04. The van der Waals surface area contributed by atoms with Crippen molar-refractivity contribution in [1.29, 1.82) is 0 Å². The first-order valence-electron chi connectivity index (χ1n) is 13.6. The van der Waals surface area contributed by atoms with Crippen LogP contribution in [0.5, 0.6) is 5.88 Å². The van der Waals surface area contributed by atoms with Crippen LogP contribution in [0.3, 0.4) is 0 Å². The van der Waals surface area contributed by atoms with Crippen LogP contribution in [0, 0.1) is 17.7 Å². The summed E-state index contributed by atoms with van der Waals surface area (Å²) >= 11 is 0. The molecule has 0 bridgehead atoms. The number of nitrogens with two attached hydrogens (primary N) is 1. The number of amides is 1. The molecule has 0 spiro atoms. The number of nitrogens with zero attached hydrogens (tertiary/aromatic N) is 6. The Labute approximate surface area is 231 Å². The lowest BCUT2D eigenvalue weighted by atomic mass is 9.95. The Hall–Kier alpha value is -4.18. The number of halogens is 1. The van der Waals surface area contributed by atoms with E-state index in [0.717, 1.165) is 29.7 Å². The number of aromatic nitrogens is 5. The van der Waals surface area contributed by atoms with Crippen molar-refractivity contribution < 1.29 is 13.9 Å². The third-order valence-corrected chi connectivity index (χ3v) is 8.04. The molecule has 2 N–H and O–H groups in total. The molecule has 4 aromatic rings. The first kappa shape index (κ1) is 24.8. The standard InChI is InChI=1S/C30H30FN7O2/c1-30(2,32)19-12-24(17-6-8-20(31)9-7-17)35-25(13-19)40-27-21-14-37(15-22(21)27)28(39)23-16-38(29-33-10-3-11-34-29)36-26(23)18-4-5-18/h3,6-13,16,18,21-22,27H,4-5,14-15,32H2,1-2H3. The summed E-state index contributed by atoms with van der Waals surface area (Å²) in [7, 11) is 0. The van der Waals surface area contributed by atoms with Gasteiger partial charge in [-0.2, -0.15) is 5.10 Å². The van der Waals surface area contributed by atoms with E-state index in [0.29, 0.717) is 42.1 Å². The normalized spacial score (nSPS) is 21.8. The molecule has 3 fully saturated rings. The SMILES string of the molecule is CC(C)(N)c1cc(OC2C3CN(C(=O)c4cn(-c5ncccn5)nc4C4CC4)CC32)nc(-c2ccc(F)cc2)c1. The Morgan fingerprint density at radius 1 is 1.07 bits per heavy atom. The monoisotopic (exact) mass is 539 g/mol. The van der Waals surface area contributed by atoms with Crippen molar-refractivity contribution in [2.45, 2.75) is 44.2 Å². The van der Waals surface area contributed by atoms with Gasteiger partial charge in [0.1, 0.15) is 11.9 Å². The van der Waals surface area contributed by atoms with E-state index < -0.39 is 5.54 Å². The van der Waals surface area contributed by atoms with Crippen molar-refractivity contribution in [3.63, 3.8) is 0 Å². The Kier molecular flexibility index (Phi) is 5.71. The number of carbonyl (C=O) groups excluding carboxylic acids is 1. The number of fused-ring (bicyclic) bond motifs is 1. The fourth-order valence-electron chi connectivity index (χ4n) is 5.55. The van der Waals surface area contributed by atoms with Crippen LogP contribution in [-0.4, -0.2) is 54.7 Å². The summed E-state index contributed by atoms with van der Waals surface area (Å²) in [6.07, 6.45) is 7.16. The van der Waals surface area contributed by atoms with Crippen molar-refractivity contribution in [3.8, 4) is 23.1 Å². The molecule has 10 heteroatoms.